The van der Waals surface area contributed by atoms with Crippen LogP contribution < -0.4 is 5.32 Å². The fourth-order valence-corrected chi connectivity index (χ4v) is 2.39. The van der Waals surface area contributed by atoms with Gasteiger partial charge in [0.05, 0.1) is 12.0 Å². The molecular weight excluding hydrogens is 279 g/mol. The molecule has 0 aliphatic heterocycles. The molecule has 4 atom stereocenters. The molecule has 0 aromatic heterocycles. The maximum atomic E-state index is 12.6. The number of carboxylic acids is 1. The molecule has 3 N–H and O–H groups in total. The number of carbonyl (C=O) groups excluding carboxylic acids is 1. The van der Waals surface area contributed by atoms with Crippen LogP contribution in [0.1, 0.15) is 32.6 Å². The molecule has 0 spiro atoms. The van der Waals surface area contributed by atoms with E-state index < -0.39 is 42.0 Å². The number of aliphatic hydroxyl groups excluding tert-OH is 1. The average molecular weight is 297 g/mol. The van der Waals surface area contributed by atoms with E-state index in [1.54, 1.807) is 0 Å². The van der Waals surface area contributed by atoms with Crippen molar-refractivity contribution >= 4 is 11.9 Å². The normalized spacial score (nSPS) is 26.6. The average Bonchev–Trinajstić information content (AvgIpc) is 2.34. The molecule has 1 rings (SSSR count). The van der Waals surface area contributed by atoms with Crippen LogP contribution in [0.25, 0.3) is 0 Å². The Hall–Kier alpha value is -1.31. The summed E-state index contributed by atoms with van der Waals surface area (Å²) in [6.45, 7) is 1.19. The van der Waals surface area contributed by atoms with E-state index in [0.29, 0.717) is 6.42 Å². The van der Waals surface area contributed by atoms with Crippen molar-refractivity contribution in [2.75, 3.05) is 0 Å². The Morgan fingerprint density at radius 3 is 2.35 bits per heavy atom. The summed E-state index contributed by atoms with van der Waals surface area (Å²) in [6.07, 6.45) is -5.43. The van der Waals surface area contributed by atoms with Gasteiger partial charge in [0.1, 0.15) is 0 Å². The first-order chi connectivity index (χ1) is 9.12. The van der Waals surface area contributed by atoms with Crippen molar-refractivity contribution in [3.63, 3.8) is 0 Å². The predicted octanol–water partition coefficient (Wildman–Crippen LogP) is 1.31. The number of rotatable bonds is 4. The van der Waals surface area contributed by atoms with Gasteiger partial charge in [0.15, 0.2) is 6.04 Å². The highest BCUT2D eigenvalue weighted by atomic mass is 19.4. The van der Waals surface area contributed by atoms with E-state index in [1.807, 2.05) is 0 Å². The van der Waals surface area contributed by atoms with E-state index in [9.17, 15) is 27.9 Å². The molecule has 1 fully saturated rings. The highest BCUT2D eigenvalue weighted by Crippen LogP contribution is 2.39. The number of hydrogen-bond donors (Lipinski definition) is 3. The van der Waals surface area contributed by atoms with Crippen molar-refractivity contribution < 1.29 is 33.0 Å². The quantitative estimate of drug-likeness (QED) is 0.730. The van der Waals surface area contributed by atoms with Crippen LogP contribution in [-0.4, -0.2) is 40.4 Å². The molecular formula is C12H18F3NO4. The molecule has 1 aliphatic rings. The van der Waals surface area contributed by atoms with E-state index >= 15 is 0 Å². The fraction of sp³-hybridized carbons (Fsp3) is 0.833. The Morgan fingerprint density at radius 2 is 1.90 bits per heavy atom. The number of hydrogen-bond acceptors (Lipinski definition) is 3. The topological polar surface area (TPSA) is 86.6 Å². The van der Waals surface area contributed by atoms with E-state index in [1.165, 1.54) is 6.92 Å². The molecule has 20 heavy (non-hydrogen) atoms. The van der Waals surface area contributed by atoms with Gasteiger partial charge in [0.2, 0.25) is 5.91 Å². The molecule has 1 saturated carbocycles. The van der Waals surface area contributed by atoms with Crippen LogP contribution in [0, 0.1) is 11.8 Å². The SMILES string of the molecule is C[C@@H](O)[C@H](NC(=O)C1CCCC(C(F)(F)F)C1)C(=O)O. The van der Waals surface area contributed by atoms with Gasteiger partial charge < -0.3 is 15.5 Å². The molecule has 0 aromatic carbocycles. The third-order valence-electron chi connectivity index (χ3n) is 3.55. The molecule has 0 radical (unpaired) electrons. The van der Waals surface area contributed by atoms with Crippen molar-refractivity contribution in [1.82, 2.24) is 5.32 Å². The molecule has 1 aliphatic carbocycles. The number of amides is 1. The summed E-state index contributed by atoms with van der Waals surface area (Å²) in [4.78, 5) is 22.7. The number of alkyl halides is 3. The number of halogens is 3. The maximum absolute atomic E-state index is 12.6. The van der Waals surface area contributed by atoms with Crippen molar-refractivity contribution in [2.45, 2.75) is 50.9 Å². The van der Waals surface area contributed by atoms with Gasteiger partial charge in [-0.05, 0) is 26.2 Å². The minimum Gasteiger partial charge on any atom is -0.480 e. The highest BCUT2D eigenvalue weighted by molar-refractivity contribution is 5.85. The molecule has 0 bridgehead atoms. The van der Waals surface area contributed by atoms with Crippen molar-refractivity contribution in [3.05, 3.63) is 0 Å². The Kier molecular flexibility index (Phi) is 5.38. The third-order valence-corrected chi connectivity index (χ3v) is 3.55. The van der Waals surface area contributed by atoms with Gasteiger partial charge in [-0.2, -0.15) is 13.2 Å². The lowest BCUT2D eigenvalue weighted by molar-refractivity contribution is -0.186. The second-order valence-corrected chi connectivity index (χ2v) is 5.17. The number of nitrogens with one attached hydrogen (secondary N) is 1. The first-order valence-electron chi connectivity index (χ1n) is 6.41. The molecule has 2 unspecified atom stereocenters. The van der Waals surface area contributed by atoms with E-state index in [2.05, 4.69) is 5.32 Å². The standard InChI is InChI=1S/C12H18F3NO4/c1-6(17)9(11(19)20)16-10(18)7-3-2-4-8(5-7)12(13,14)15/h6-9,17H,2-5H2,1H3,(H,16,18)(H,19,20)/t6-,7?,8?,9+/m1/s1. The first-order valence-corrected chi connectivity index (χ1v) is 6.41. The van der Waals surface area contributed by atoms with Crippen LogP contribution in [0.5, 0.6) is 0 Å². The number of carbonyl (C=O) groups is 2. The predicted molar refractivity (Wildman–Crippen MR) is 62.8 cm³/mol. The van der Waals surface area contributed by atoms with Gasteiger partial charge in [-0.25, -0.2) is 4.79 Å². The summed E-state index contributed by atoms with van der Waals surface area (Å²) in [7, 11) is 0. The zero-order chi connectivity index (χ0) is 15.5. The fourth-order valence-electron chi connectivity index (χ4n) is 2.39. The molecule has 0 saturated heterocycles. The largest absolute Gasteiger partial charge is 0.480 e. The smallest absolute Gasteiger partial charge is 0.391 e. The molecule has 0 heterocycles. The summed E-state index contributed by atoms with van der Waals surface area (Å²) in [5.74, 6) is -4.55. The molecule has 0 aromatic rings. The van der Waals surface area contributed by atoms with Gasteiger partial charge in [-0.15, -0.1) is 0 Å². The summed E-state index contributed by atoms with van der Waals surface area (Å²) in [6, 6.07) is -1.51. The zero-order valence-electron chi connectivity index (χ0n) is 11.0. The number of aliphatic carboxylic acids is 1. The molecule has 5 nitrogen and oxygen atoms in total. The van der Waals surface area contributed by atoms with Crippen LogP contribution in [0.3, 0.4) is 0 Å². The zero-order valence-corrected chi connectivity index (χ0v) is 11.0. The van der Waals surface area contributed by atoms with Gasteiger partial charge in [0.25, 0.3) is 0 Å². The van der Waals surface area contributed by atoms with Crippen molar-refractivity contribution in [1.29, 1.82) is 0 Å². The van der Waals surface area contributed by atoms with Crippen LogP contribution in [0.15, 0.2) is 0 Å². The minimum atomic E-state index is -4.34. The third kappa shape index (κ3) is 4.36. The highest BCUT2D eigenvalue weighted by Gasteiger charge is 2.44. The lowest BCUT2D eigenvalue weighted by Gasteiger charge is -2.30. The molecule has 1 amide bonds. The number of aliphatic hydroxyl groups is 1. The van der Waals surface area contributed by atoms with Crippen LogP contribution in [0.2, 0.25) is 0 Å². The summed E-state index contributed by atoms with van der Waals surface area (Å²) in [5, 5.41) is 20.2. The Balaban J connectivity index is 2.65. The lowest BCUT2D eigenvalue weighted by Crippen LogP contribution is -2.50. The number of carboxylic acid groups (broad SMARTS) is 1. The van der Waals surface area contributed by atoms with Crippen molar-refractivity contribution in [3.8, 4) is 0 Å². The van der Waals surface area contributed by atoms with Crippen LogP contribution in [0.4, 0.5) is 13.2 Å². The van der Waals surface area contributed by atoms with Gasteiger partial charge in [0, 0.05) is 5.92 Å². The molecule has 8 heteroatoms. The van der Waals surface area contributed by atoms with Crippen molar-refractivity contribution in [2.24, 2.45) is 11.8 Å². The van der Waals surface area contributed by atoms with E-state index in [-0.39, 0.29) is 19.3 Å². The second-order valence-electron chi connectivity index (χ2n) is 5.17. The summed E-state index contributed by atoms with van der Waals surface area (Å²) >= 11 is 0. The lowest BCUT2D eigenvalue weighted by atomic mass is 9.80. The van der Waals surface area contributed by atoms with Gasteiger partial charge >= 0.3 is 12.1 Å². The van der Waals surface area contributed by atoms with Gasteiger partial charge in [-0.1, -0.05) is 6.42 Å². The maximum Gasteiger partial charge on any atom is 0.391 e. The second kappa shape index (κ2) is 6.43. The first kappa shape index (κ1) is 16.7. The Bertz CT molecular complexity index is 370. The minimum absolute atomic E-state index is 0.00789. The monoisotopic (exact) mass is 297 g/mol. The molecule has 116 valence electrons. The Morgan fingerprint density at radius 1 is 1.30 bits per heavy atom. The van der Waals surface area contributed by atoms with Crippen LogP contribution in [-0.2, 0) is 9.59 Å². The summed E-state index contributed by atoms with van der Waals surface area (Å²) < 4.78 is 37.9. The van der Waals surface area contributed by atoms with Gasteiger partial charge in [-0.3, -0.25) is 4.79 Å². The van der Waals surface area contributed by atoms with Crippen LogP contribution >= 0.6 is 0 Å². The Labute approximate surface area is 114 Å². The van der Waals surface area contributed by atoms with E-state index in [4.69, 9.17) is 5.11 Å². The summed E-state index contributed by atoms with van der Waals surface area (Å²) in [5.41, 5.74) is 0. The van der Waals surface area contributed by atoms with E-state index in [0.717, 1.165) is 0 Å².